The van der Waals surface area contributed by atoms with Gasteiger partial charge < -0.3 is 25.0 Å². The molecule has 0 aliphatic heterocycles. The van der Waals surface area contributed by atoms with E-state index in [4.69, 9.17) is 9.47 Å². The van der Waals surface area contributed by atoms with Crippen molar-refractivity contribution in [3.05, 3.63) is 23.8 Å². The quantitative estimate of drug-likeness (QED) is 0.450. The Hall–Kier alpha value is -2.65. The molecule has 0 saturated carbocycles. The molecule has 0 bridgehead atoms. The maximum absolute atomic E-state index is 12.3. The SMILES string of the molecule is CCOc1ccc(CCNC(=NC)NCC(=O)N(C)CC(F)(F)F)cc1OCC. The van der Waals surface area contributed by atoms with E-state index in [-0.39, 0.29) is 6.54 Å². The number of benzene rings is 1. The lowest BCUT2D eigenvalue weighted by atomic mass is 10.1. The molecule has 0 aliphatic rings. The molecule has 164 valence electrons. The number of carbonyl (C=O) groups excluding carboxylic acids is 1. The van der Waals surface area contributed by atoms with Gasteiger partial charge in [-0.1, -0.05) is 6.07 Å². The van der Waals surface area contributed by atoms with Crippen molar-refractivity contribution in [2.75, 3.05) is 46.9 Å². The Morgan fingerprint density at radius 3 is 2.38 bits per heavy atom. The highest BCUT2D eigenvalue weighted by molar-refractivity contribution is 5.86. The summed E-state index contributed by atoms with van der Waals surface area (Å²) >= 11 is 0. The fourth-order valence-electron chi connectivity index (χ4n) is 2.45. The van der Waals surface area contributed by atoms with E-state index >= 15 is 0 Å². The first-order valence-electron chi connectivity index (χ1n) is 9.33. The first-order chi connectivity index (χ1) is 13.7. The standard InChI is InChI=1S/C19H29F3N4O3/c1-5-28-15-8-7-14(11-16(15)29-6-2)9-10-24-18(23-3)25-12-17(27)26(4)13-19(20,21)22/h7-8,11H,5-6,9-10,12-13H2,1-4H3,(H2,23,24,25). The molecule has 0 radical (unpaired) electrons. The topological polar surface area (TPSA) is 75.2 Å². The summed E-state index contributed by atoms with van der Waals surface area (Å²) in [7, 11) is 2.62. The summed E-state index contributed by atoms with van der Waals surface area (Å²) in [5.41, 5.74) is 1.01. The van der Waals surface area contributed by atoms with E-state index in [0.29, 0.717) is 48.5 Å². The molecule has 10 heteroatoms. The molecule has 0 heterocycles. The van der Waals surface area contributed by atoms with Crippen molar-refractivity contribution < 1.29 is 27.4 Å². The van der Waals surface area contributed by atoms with Crippen LogP contribution in [0.5, 0.6) is 11.5 Å². The zero-order valence-electron chi connectivity index (χ0n) is 17.2. The van der Waals surface area contributed by atoms with Crippen LogP contribution in [0, 0.1) is 0 Å². The monoisotopic (exact) mass is 418 g/mol. The number of ether oxygens (including phenoxy) is 2. The zero-order valence-corrected chi connectivity index (χ0v) is 17.2. The van der Waals surface area contributed by atoms with Gasteiger partial charge in [0.1, 0.15) is 6.54 Å². The molecular weight excluding hydrogens is 389 g/mol. The predicted molar refractivity (Wildman–Crippen MR) is 106 cm³/mol. The highest BCUT2D eigenvalue weighted by Gasteiger charge is 2.31. The second-order valence-electron chi connectivity index (χ2n) is 6.11. The molecule has 7 nitrogen and oxygen atoms in total. The van der Waals surface area contributed by atoms with E-state index in [1.54, 1.807) is 0 Å². The van der Waals surface area contributed by atoms with Crippen LogP contribution in [-0.2, 0) is 11.2 Å². The fraction of sp³-hybridized carbons (Fsp3) is 0.579. The fourth-order valence-corrected chi connectivity index (χ4v) is 2.45. The normalized spacial score (nSPS) is 11.8. The van der Waals surface area contributed by atoms with E-state index in [1.807, 2.05) is 32.0 Å². The number of aliphatic imine (C=N–C) groups is 1. The van der Waals surface area contributed by atoms with Crippen molar-refractivity contribution in [2.45, 2.75) is 26.4 Å². The zero-order chi connectivity index (χ0) is 21.9. The van der Waals surface area contributed by atoms with Crippen molar-refractivity contribution in [1.82, 2.24) is 15.5 Å². The summed E-state index contributed by atoms with van der Waals surface area (Å²) in [6.07, 6.45) is -3.78. The van der Waals surface area contributed by atoms with Crippen LogP contribution in [0.2, 0.25) is 0 Å². The van der Waals surface area contributed by atoms with Gasteiger partial charge in [0.05, 0.1) is 19.8 Å². The number of amides is 1. The lowest BCUT2D eigenvalue weighted by molar-refractivity contribution is -0.157. The number of likely N-dealkylation sites (N-methyl/N-ethyl adjacent to an activating group) is 1. The summed E-state index contributed by atoms with van der Waals surface area (Å²) in [5.74, 6) is 1.01. The van der Waals surface area contributed by atoms with Crippen LogP contribution in [0.25, 0.3) is 0 Å². The Morgan fingerprint density at radius 1 is 1.14 bits per heavy atom. The number of nitrogens with one attached hydrogen (secondary N) is 2. The van der Waals surface area contributed by atoms with E-state index < -0.39 is 18.6 Å². The van der Waals surface area contributed by atoms with Crippen LogP contribution in [0.3, 0.4) is 0 Å². The second-order valence-corrected chi connectivity index (χ2v) is 6.11. The molecule has 1 amide bonds. The van der Waals surface area contributed by atoms with Crippen molar-refractivity contribution in [3.63, 3.8) is 0 Å². The molecule has 0 saturated heterocycles. The van der Waals surface area contributed by atoms with Gasteiger partial charge in [-0.2, -0.15) is 13.2 Å². The third kappa shape index (κ3) is 9.40. The maximum Gasteiger partial charge on any atom is 0.406 e. The minimum atomic E-state index is -4.43. The van der Waals surface area contributed by atoms with E-state index in [9.17, 15) is 18.0 Å². The van der Waals surface area contributed by atoms with Gasteiger partial charge in [-0.25, -0.2) is 0 Å². The lowest BCUT2D eigenvalue weighted by Gasteiger charge is -2.20. The molecule has 0 atom stereocenters. The molecule has 1 aromatic carbocycles. The summed E-state index contributed by atoms with van der Waals surface area (Å²) in [4.78, 5) is 16.4. The molecule has 0 spiro atoms. The Balaban J connectivity index is 2.51. The van der Waals surface area contributed by atoms with Gasteiger partial charge in [-0.3, -0.25) is 9.79 Å². The number of guanidine groups is 1. The van der Waals surface area contributed by atoms with Crippen molar-refractivity contribution in [1.29, 1.82) is 0 Å². The van der Waals surface area contributed by atoms with Crippen molar-refractivity contribution in [3.8, 4) is 11.5 Å². The summed E-state index contributed by atoms with van der Waals surface area (Å²) in [6, 6.07) is 5.69. The van der Waals surface area contributed by atoms with Gasteiger partial charge in [-0.15, -0.1) is 0 Å². The number of carbonyl (C=O) groups is 1. The average Bonchev–Trinajstić information content (AvgIpc) is 2.65. The van der Waals surface area contributed by atoms with Crippen molar-refractivity contribution in [2.24, 2.45) is 4.99 Å². The van der Waals surface area contributed by atoms with Gasteiger partial charge in [0, 0.05) is 20.6 Å². The average molecular weight is 418 g/mol. The van der Waals surface area contributed by atoms with Gasteiger partial charge in [-0.05, 0) is 38.0 Å². The van der Waals surface area contributed by atoms with Crippen LogP contribution in [0.4, 0.5) is 13.2 Å². The molecule has 0 aliphatic carbocycles. The first-order valence-corrected chi connectivity index (χ1v) is 9.33. The minimum Gasteiger partial charge on any atom is -0.490 e. The Labute approximate surface area is 169 Å². The lowest BCUT2D eigenvalue weighted by Crippen LogP contribution is -2.45. The van der Waals surface area contributed by atoms with E-state index in [2.05, 4.69) is 15.6 Å². The number of nitrogens with zero attached hydrogens (tertiary/aromatic N) is 2. The number of rotatable bonds is 10. The summed E-state index contributed by atoms with van der Waals surface area (Å²) in [6.45, 7) is 3.79. The van der Waals surface area contributed by atoms with Crippen LogP contribution < -0.4 is 20.1 Å². The van der Waals surface area contributed by atoms with Crippen LogP contribution in [0.15, 0.2) is 23.2 Å². The molecule has 0 fully saturated rings. The molecule has 2 N–H and O–H groups in total. The van der Waals surface area contributed by atoms with Crippen molar-refractivity contribution >= 4 is 11.9 Å². The molecule has 0 aromatic heterocycles. The number of hydrogen-bond acceptors (Lipinski definition) is 4. The molecule has 1 aromatic rings. The van der Waals surface area contributed by atoms with Gasteiger partial charge in [0.2, 0.25) is 5.91 Å². The van der Waals surface area contributed by atoms with Crippen LogP contribution in [0.1, 0.15) is 19.4 Å². The highest BCUT2D eigenvalue weighted by atomic mass is 19.4. The second kappa shape index (κ2) is 12.0. The molecule has 0 unspecified atom stereocenters. The smallest absolute Gasteiger partial charge is 0.406 e. The minimum absolute atomic E-state index is 0.288. The Kier molecular flexibility index (Phi) is 10.1. The number of halogens is 3. The van der Waals surface area contributed by atoms with E-state index in [1.165, 1.54) is 7.05 Å². The number of hydrogen-bond donors (Lipinski definition) is 2. The van der Waals surface area contributed by atoms with Crippen LogP contribution in [-0.4, -0.2) is 69.9 Å². The van der Waals surface area contributed by atoms with Gasteiger partial charge >= 0.3 is 6.18 Å². The third-order valence-electron chi connectivity index (χ3n) is 3.79. The first kappa shape index (κ1) is 24.4. The largest absolute Gasteiger partial charge is 0.490 e. The van der Waals surface area contributed by atoms with Crippen LogP contribution >= 0.6 is 0 Å². The van der Waals surface area contributed by atoms with Gasteiger partial charge in [0.15, 0.2) is 17.5 Å². The Morgan fingerprint density at radius 2 is 1.79 bits per heavy atom. The predicted octanol–water partition coefficient (Wildman–Crippen LogP) is 2.21. The maximum atomic E-state index is 12.3. The highest BCUT2D eigenvalue weighted by Crippen LogP contribution is 2.28. The molecule has 29 heavy (non-hydrogen) atoms. The summed E-state index contributed by atoms with van der Waals surface area (Å²) < 4.78 is 48.1. The third-order valence-corrected chi connectivity index (χ3v) is 3.79. The molecule has 1 rings (SSSR count). The Bertz CT molecular complexity index is 681. The van der Waals surface area contributed by atoms with Gasteiger partial charge in [0.25, 0.3) is 0 Å². The summed E-state index contributed by atoms with van der Waals surface area (Å²) in [5, 5.41) is 5.74. The number of alkyl halides is 3. The van der Waals surface area contributed by atoms with E-state index in [0.717, 1.165) is 12.6 Å². The molecular formula is C19H29F3N4O3.